The smallest absolute Gasteiger partial charge is 0.275 e. The largest absolute Gasteiger partial charge is 0.772 e. The molecule has 1 atom stereocenters. The van der Waals surface area contributed by atoms with Crippen molar-refractivity contribution in [2.24, 2.45) is 5.92 Å². The van der Waals surface area contributed by atoms with Crippen LogP contribution in [0.4, 0.5) is 0 Å². The average Bonchev–Trinajstić information content (AvgIpc) is 2.67. The minimum Gasteiger partial charge on any atom is -0.772 e. The first-order valence-corrected chi connectivity index (χ1v) is 11.0. The lowest BCUT2D eigenvalue weighted by molar-refractivity contribution is 0.536. The normalized spacial score (nSPS) is 12.3. The zero-order chi connectivity index (χ0) is 21.0. The molecule has 1 aromatic heterocycles. The van der Waals surface area contributed by atoms with Gasteiger partial charge in [0.15, 0.2) is 0 Å². The fourth-order valence-electron chi connectivity index (χ4n) is 3.12. The van der Waals surface area contributed by atoms with E-state index in [9.17, 15) is 13.6 Å². The van der Waals surface area contributed by atoms with Crippen molar-refractivity contribution in [3.05, 3.63) is 81.2 Å². The Bertz CT molecular complexity index is 1080. The number of rotatable bonds is 7. The zero-order valence-electron chi connectivity index (χ0n) is 16.3. The molecule has 0 radical (unpaired) electrons. The van der Waals surface area contributed by atoms with Crippen LogP contribution in [0.3, 0.4) is 0 Å². The van der Waals surface area contributed by atoms with Crippen LogP contribution >= 0.6 is 11.6 Å². The highest BCUT2D eigenvalue weighted by Crippen LogP contribution is 2.24. The number of nitrogens with zero attached hydrogens (tertiary/aromatic N) is 2. The molecule has 0 aliphatic carbocycles. The van der Waals surface area contributed by atoms with Crippen LogP contribution in [-0.4, -0.2) is 18.5 Å². The topological polar surface area (TPSA) is 75.0 Å². The Hall–Kier alpha value is -2.28. The summed E-state index contributed by atoms with van der Waals surface area (Å²) in [7, 11) is 0. The Balaban J connectivity index is 2.07. The Morgan fingerprint density at radius 3 is 2.52 bits per heavy atom. The lowest BCUT2D eigenvalue weighted by Crippen LogP contribution is -2.25. The molecule has 0 saturated heterocycles. The second-order valence-electron chi connectivity index (χ2n) is 7.31. The van der Waals surface area contributed by atoms with Gasteiger partial charge in [-0.25, -0.2) is 0 Å². The van der Waals surface area contributed by atoms with Crippen molar-refractivity contribution in [2.45, 2.75) is 32.4 Å². The first kappa shape index (κ1) is 21.4. The van der Waals surface area contributed by atoms with Crippen molar-refractivity contribution < 1.29 is 8.76 Å². The van der Waals surface area contributed by atoms with Gasteiger partial charge < -0.3 is 4.55 Å². The molecular weight excluding hydrogens is 408 g/mol. The third kappa shape index (κ3) is 5.41. The van der Waals surface area contributed by atoms with Gasteiger partial charge in [0, 0.05) is 21.9 Å². The van der Waals surface area contributed by atoms with E-state index < -0.39 is 11.1 Å². The third-order valence-electron chi connectivity index (χ3n) is 4.65. The van der Waals surface area contributed by atoms with Crippen LogP contribution in [-0.2, 0) is 23.3 Å². The average molecular weight is 430 g/mol. The molecule has 2 aromatic carbocycles. The molecule has 1 unspecified atom stereocenters. The zero-order valence-corrected chi connectivity index (χ0v) is 17.9. The van der Waals surface area contributed by atoms with Crippen molar-refractivity contribution in [2.75, 3.05) is 0 Å². The molecule has 0 aliphatic rings. The minimum absolute atomic E-state index is 0.0326. The van der Waals surface area contributed by atoms with E-state index in [1.54, 1.807) is 42.6 Å². The molecule has 0 spiro atoms. The standard InChI is InChI=1S/C22H23ClN2O3S/c1-15(2)6-11-20-21(17-9-7-16(8-10-17)14-29(27)28)13-24-25(22(20)26)19-5-3-4-18(23)12-19/h3-5,7-10,12-13,15H,6,11,14H2,1-2H3,(H,27,28)/p-1. The summed E-state index contributed by atoms with van der Waals surface area (Å²) in [6.45, 7) is 4.24. The van der Waals surface area contributed by atoms with Crippen LogP contribution in [0.15, 0.2) is 59.5 Å². The molecule has 0 saturated carbocycles. The van der Waals surface area contributed by atoms with Gasteiger partial charge in [-0.15, -0.1) is 0 Å². The number of benzene rings is 2. The molecule has 152 valence electrons. The molecule has 0 N–H and O–H groups in total. The van der Waals surface area contributed by atoms with Crippen LogP contribution in [0, 0.1) is 5.92 Å². The van der Waals surface area contributed by atoms with E-state index in [1.807, 2.05) is 12.1 Å². The quantitative estimate of drug-likeness (QED) is 0.517. The molecule has 0 bridgehead atoms. The van der Waals surface area contributed by atoms with Crippen LogP contribution in [0.2, 0.25) is 5.02 Å². The molecule has 7 heteroatoms. The van der Waals surface area contributed by atoms with Crippen LogP contribution in [0.25, 0.3) is 16.8 Å². The highest BCUT2D eigenvalue weighted by molar-refractivity contribution is 7.78. The predicted molar refractivity (Wildman–Crippen MR) is 116 cm³/mol. The summed E-state index contributed by atoms with van der Waals surface area (Å²) in [6, 6.07) is 14.2. The van der Waals surface area contributed by atoms with Crippen molar-refractivity contribution in [1.82, 2.24) is 9.78 Å². The Morgan fingerprint density at radius 1 is 1.17 bits per heavy atom. The fourth-order valence-corrected chi connectivity index (χ4v) is 3.77. The first-order chi connectivity index (χ1) is 13.8. The number of hydrogen-bond donors (Lipinski definition) is 0. The second-order valence-corrected chi connectivity index (χ2v) is 8.64. The van der Waals surface area contributed by atoms with E-state index in [1.165, 1.54) is 4.68 Å². The van der Waals surface area contributed by atoms with Gasteiger partial charge in [0.25, 0.3) is 5.56 Å². The Kier molecular flexibility index (Phi) is 7.00. The lowest BCUT2D eigenvalue weighted by Gasteiger charge is -2.14. The van der Waals surface area contributed by atoms with E-state index in [0.29, 0.717) is 34.2 Å². The summed E-state index contributed by atoms with van der Waals surface area (Å²) in [5, 5.41) is 4.91. The van der Waals surface area contributed by atoms with Crippen LogP contribution in [0.5, 0.6) is 0 Å². The van der Waals surface area contributed by atoms with Gasteiger partial charge in [-0.05, 0) is 48.1 Å². The Morgan fingerprint density at radius 2 is 1.90 bits per heavy atom. The molecular formula is C22H22ClN2O3S-. The van der Waals surface area contributed by atoms with Crippen molar-refractivity contribution in [3.63, 3.8) is 0 Å². The SMILES string of the molecule is CC(C)CCc1c(-c2ccc(CS(=O)[O-])cc2)cnn(-c2cccc(Cl)c2)c1=O. The second kappa shape index (κ2) is 9.48. The van der Waals surface area contributed by atoms with Gasteiger partial charge in [0.1, 0.15) is 0 Å². The van der Waals surface area contributed by atoms with E-state index in [0.717, 1.165) is 17.5 Å². The van der Waals surface area contributed by atoms with Crippen molar-refractivity contribution in [1.29, 1.82) is 0 Å². The van der Waals surface area contributed by atoms with Crippen LogP contribution < -0.4 is 5.56 Å². The highest BCUT2D eigenvalue weighted by atomic mass is 35.5. The van der Waals surface area contributed by atoms with Gasteiger partial charge >= 0.3 is 0 Å². The number of aromatic nitrogens is 2. The molecule has 3 rings (SSSR count). The molecule has 3 aromatic rings. The van der Waals surface area contributed by atoms with E-state index >= 15 is 0 Å². The van der Waals surface area contributed by atoms with Gasteiger partial charge in [0.05, 0.1) is 11.9 Å². The molecule has 5 nitrogen and oxygen atoms in total. The van der Waals surface area contributed by atoms with E-state index in [2.05, 4.69) is 18.9 Å². The summed E-state index contributed by atoms with van der Waals surface area (Å²) in [6.07, 6.45) is 3.19. The molecule has 0 amide bonds. The summed E-state index contributed by atoms with van der Waals surface area (Å²) >= 11 is 3.94. The number of halogens is 1. The van der Waals surface area contributed by atoms with Crippen molar-refractivity contribution in [3.8, 4) is 16.8 Å². The van der Waals surface area contributed by atoms with Crippen molar-refractivity contribution >= 4 is 22.7 Å². The monoisotopic (exact) mass is 429 g/mol. The van der Waals surface area contributed by atoms with Gasteiger partial charge in [-0.2, -0.15) is 9.78 Å². The van der Waals surface area contributed by atoms with E-state index in [4.69, 9.17) is 11.6 Å². The van der Waals surface area contributed by atoms with E-state index in [-0.39, 0.29) is 11.3 Å². The predicted octanol–water partition coefficient (Wildman–Crippen LogP) is 4.52. The molecule has 0 aliphatic heterocycles. The summed E-state index contributed by atoms with van der Waals surface area (Å²) < 4.78 is 23.2. The highest BCUT2D eigenvalue weighted by Gasteiger charge is 2.15. The van der Waals surface area contributed by atoms with Gasteiger partial charge in [-0.3, -0.25) is 9.00 Å². The minimum atomic E-state index is -2.14. The first-order valence-electron chi connectivity index (χ1n) is 9.37. The molecule has 0 fully saturated rings. The van der Waals surface area contributed by atoms with Gasteiger partial charge in [-0.1, -0.05) is 66.9 Å². The molecule has 1 heterocycles. The molecule has 29 heavy (non-hydrogen) atoms. The third-order valence-corrected chi connectivity index (χ3v) is 5.46. The maximum Gasteiger partial charge on any atom is 0.275 e. The van der Waals surface area contributed by atoms with Gasteiger partial charge in [0.2, 0.25) is 0 Å². The van der Waals surface area contributed by atoms with Crippen LogP contribution in [0.1, 0.15) is 31.4 Å². The lowest BCUT2D eigenvalue weighted by atomic mass is 9.96. The maximum atomic E-state index is 13.3. The summed E-state index contributed by atoms with van der Waals surface area (Å²) in [5.41, 5.74) is 3.44. The Labute approximate surface area is 177 Å². The summed E-state index contributed by atoms with van der Waals surface area (Å²) in [4.78, 5) is 13.3. The fraction of sp³-hybridized carbons (Fsp3) is 0.273. The number of hydrogen-bond acceptors (Lipinski definition) is 4. The summed E-state index contributed by atoms with van der Waals surface area (Å²) in [5.74, 6) is 0.416. The maximum absolute atomic E-state index is 13.3.